The Morgan fingerprint density at radius 1 is 1.09 bits per heavy atom. The molecule has 0 bridgehead atoms. The number of benzene rings is 2. The highest BCUT2D eigenvalue weighted by atomic mass is 32.1. The maximum absolute atomic E-state index is 12.6. The molecule has 0 aliphatic carbocycles. The molecule has 1 aromatic heterocycles. The summed E-state index contributed by atoms with van der Waals surface area (Å²) in [6.07, 6.45) is 0. The van der Waals surface area contributed by atoms with Crippen molar-refractivity contribution in [3.63, 3.8) is 0 Å². The van der Waals surface area contributed by atoms with Crippen molar-refractivity contribution in [2.75, 3.05) is 12.4 Å². The highest BCUT2D eigenvalue weighted by Crippen LogP contribution is 2.28. The smallest absolute Gasteiger partial charge is 0.268 e. The second-order valence-electron chi connectivity index (χ2n) is 4.96. The van der Waals surface area contributed by atoms with Gasteiger partial charge in [0.15, 0.2) is 0 Å². The third kappa shape index (κ3) is 3.40. The van der Waals surface area contributed by atoms with Crippen LogP contribution in [0, 0.1) is 6.92 Å². The monoisotopic (exact) mass is 324 g/mol. The van der Waals surface area contributed by atoms with E-state index in [0.29, 0.717) is 4.88 Å². The van der Waals surface area contributed by atoms with E-state index in [1.165, 1.54) is 11.3 Å². The first kappa shape index (κ1) is 15.2. The molecule has 5 heteroatoms. The molecule has 3 rings (SSSR count). The van der Waals surface area contributed by atoms with Gasteiger partial charge < -0.3 is 10.1 Å². The summed E-state index contributed by atoms with van der Waals surface area (Å²) < 4.78 is 5.12. The Morgan fingerprint density at radius 3 is 2.43 bits per heavy atom. The predicted molar refractivity (Wildman–Crippen MR) is 93.2 cm³/mol. The molecule has 4 nitrogen and oxygen atoms in total. The number of carbonyl (C=O) groups is 1. The molecule has 1 heterocycles. The number of ether oxygens (including phenoxy) is 1. The minimum Gasteiger partial charge on any atom is -0.497 e. The quantitative estimate of drug-likeness (QED) is 0.775. The normalized spacial score (nSPS) is 10.3. The van der Waals surface area contributed by atoms with E-state index >= 15 is 0 Å². The summed E-state index contributed by atoms with van der Waals surface area (Å²) in [4.78, 5) is 17.7. The summed E-state index contributed by atoms with van der Waals surface area (Å²) in [5.41, 5.74) is 2.39. The van der Waals surface area contributed by atoms with E-state index in [0.717, 1.165) is 27.7 Å². The van der Waals surface area contributed by atoms with Crippen LogP contribution in [0.2, 0.25) is 0 Å². The first-order valence-corrected chi connectivity index (χ1v) is 7.97. The average molecular weight is 324 g/mol. The molecule has 0 unspecified atom stereocenters. The van der Waals surface area contributed by atoms with Gasteiger partial charge in [0.05, 0.1) is 17.8 Å². The minimum absolute atomic E-state index is 0.153. The fourth-order valence-corrected chi connectivity index (χ4v) is 3.07. The Kier molecular flexibility index (Phi) is 4.39. The molecule has 0 fully saturated rings. The van der Waals surface area contributed by atoms with E-state index in [1.807, 2.05) is 61.5 Å². The number of aromatic nitrogens is 1. The Balaban J connectivity index is 1.87. The van der Waals surface area contributed by atoms with Gasteiger partial charge >= 0.3 is 0 Å². The lowest BCUT2D eigenvalue weighted by atomic mass is 10.1. The Morgan fingerprint density at radius 2 is 1.78 bits per heavy atom. The van der Waals surface area contributed by atoms with Crippen LogP contribution in [-0.2, 0) is 0 Å². The molecule has 0 radical (unpaired) electrons. The molecule has 1 N–H and O–H groups in total. The van der Waals surface area contributed by atoms with Crippen LogP contribution in [0.15, 0.2) is 54.6 Å². The van der Waals surface area contributed by atoms with Gasteiger partial charge in [-0.1, -0.05) is 30.3 Å². The van der Waals surface area contributed by atoms with Gasteiger partial charge in [0.1, 0.15) is 10.6 Å². The standard InChI is InChI=1S/C18H16N2O2S/c1-12-19-16(13-6-4-3-5-7-13)17(23-12)18(21)20-14-8-10-15(22-2)11-9-14/h3-11H,1-2H3,(H,20,21). The van der Waals surface area contributed by atoms with Gasteiger partial charge in [0.2, 0.25) is 0 Å². The van der Waals surface area contributed by atoms with Crippen molar-refractivity contribution in [3.8, 4) is 17.0 Å². The van der Waals surface area contributed by atoms with Gasteiger partial charge in [-0.25, -0.2) is 4.98 Å². The van der Waals surface area contributed by atoms with Crippen molar-refractivity contribution in [1.29, 1.82) is 0 Å². The lowest BCUT2D eigenvalue weighted by Gasteiger charge is -2.06. The van der Waals surface area contributed by atoms with Crippen molar-refractivity contribution in [3.05, 3.63) is 64.5 Å². The second kappa shape index (κ2) is 6.62. The number of anilines is 1. The van der Waals surface area contributed by atoms with Gasteiger partial charge in [-0.3, -0.25) is 4.79 Å². The zero-order chi connectivity index (χ0) is 16.2. The van der Waals surface area contributed by atoms with E-state index in [-0.39, 0.29) is 5.91 Å². The number of nitrogens with one attached hydrogen (secondary N) is 1. The molecule has 0 saturated carbocycles. The van der Waals surface area contributed by atoms with Gasteiger partial charge in [-0.15, -0.1) is 11.3 Å². The van der Waals surface area contributed by atoms with E-state index in [2.05, 4.69) is 10.3 Å². The number of aryl methyl sites for hydroxylation is 1. The van der Waals surface area contributed by atoms with Crippen molar-refractivity contribution >= 4 is 22.9 Å². The molecule has 0 spiro atoms. The van der Waals surface area contributed by atoms with Gasteiger partial charge in [-0.05, 0) is 31.2 Å². The summed E-state index contributed by atoms with van der Waals surface area (Å²) in [6.45, 7) is 1.90. The summed E-state index contributed by atoms with van der Waals surface area (Å²) in [5, 5.41) is 3.77. The number of hydrogen-bond acceptors (Lipinski definition) is 4. The Labute approximate surface area is 138 Å². The zero-order valence-electron chi connectivity index (χ0n) is 12.9. The summed E-state index contributed by atoms with van der Waals surface area (Å²) in [5.74, 6) is 0.598. The summed E-state index contributed by atoms with van der Waals surface area (Å²) in [7, 11) is 1.61. The first-order valence-electron chi connectivity index (χ1n) is 7.15. The molecule has 0 aliphatic heterocycles. The van der Waals surface area contributed by atoms with E-state index < -0.39 is 0 Å². The van der Waals surface area contributed by atoms with Crippen molar-refractivity contribution < 1.29 is 9.53 Å². The van der Waals surface area contributed by atoms with Crippen LogP contribution >= 0.6 is 11.3 Å². The third-order valence-corrected chi connectivity index (χ3v) is 4.31. The lowest BCUT2D eigenvalue weighted by molar-refractivity contribution is 0.103. The number of nitrogens with zero attached hydrogens (tertiary/aromatic N) is 1. The molecule has 0 atom stereocenters. The fourth-order valence-electron chi connectivity index (χ4n) is 2.23. The SMILES string of the molecule is COc1ccc(NC(=O)c2sc(C)nc2-c2ccccc2)cc1. The topological polar surface area (TPSA) is 51.2 Å². The van der Waals surface area contributed by atoms with E-state index in [1.54, 1.807) is 7.11 Å². The van der Waals surface area contributed by atoms with Crippen LogP contribution in [0.5, 0.6) is 5.75 Å². The number of thiazole rings is 1. The molecule has 23 heavy (non-hydrogen) atoms. The fraction of sp³-hybridized carbons (Fsp3) is 0.111. The average Bonchev–Trinajstić information content (AvgIpc) is 2.98. The Hall–Kier alpha value is -2.66. The highest BCUT2D eigenvalue weighted by molar-refractivity contribution is 7.14. The van der Waals surface area contributed by atoms with Crippen molar-refractivity contribution in [1.82, 2.24) is 4.98 Å². The maximum atomic E-state index is 12.6. The predicted octanol–water partition coefficient (Wildman–Crippen LogP) is 4.38. The van der Waals surface area contributed by atoms with Gasteiger partial charge in [0.25, 0.3) is 5.91 Å². The lowest BCUT2D eigenvalue weighted by Crippen LogP contribution is -2.11. The molecule has 1 amide bonds. The minimum atomic E-state index is -0.153. The molecule has 116 valence electrons. The molecule has 3 aromatic rings. The highest BCUT2D eigenvalue weighted by Gasteiger charge is 2.18. The molecule has 0 aliphatic rings. The number of amides is 1. The van der Waals surface area contributed by atoms with Crippen LogP contribution in [0.4, 0.5) is 5.69 Å². The third-order valence-electron chi connectivity index (χ3n) is 3.34. The van der Waals surface area contributed by atoms with Crippen molar-refractivity contribution in [2.45, 2.75) is 6.92 Å². The van der Waals surface area contributed by atoms with Crippen LogP contribution in [0.1, 0.15) is 14.7 Å². The number of methoxy groups -OCH3 is 1. The summed E-state index contributed by atoms with van der Waals surface area (Å²) in [6, 6.07) is 17.0. The molecule has 0 saturated heterocycles. The maximum Gasteiger partial charge on any atom is 0.268 e. The van der Waals surface area contributed by atoms with Crippen LogP contribution < -0.4 is 10.1 Å². The largest absolute Gasteiger partial charge is 0.497 e. The van der Waals surface area contributed by atoms with E-state index in [9.17, 15) is 4.79 Å². The van der Waals surface area contributed by atoms with Crippen molar-refractivity contribution in [2.24, 2.45) is 0 Å². The zero-order valence-corrected chi connectivity index (χ0v) is 13.7. The van der Waals surface area contributed by atoms with Crippen LogP contribution in [0.25, 0.3) is 11.3 Å². The first-order chi connectivity index (χ1) is 11.2. The Bertz CT molecular complexity index is 811. The van der Waals surface area contributed by atoms with Crippen LogP contribution in [-0.4, -0.2) is 18.0 Å². The van der Waals surface area contributed by atoms with E-state index in [4.69, 9.17) is 4.74 Å². The second-order valence-corrected chi connectivity index (χ2v) is 6.16. The number of hydrogen-bond donors (Lipinski definition) is 1. The molecular weight excluding hydrogens is 308 g/mol. The van der Waals surface area contributed by atoms with Gasteiger partial charge in [0, 0.05) is 11.3 Å². The summed E-state index contributed by atoms with van der Waals surface area (Å²) >= 11 is 1.40. The van der Waals surface area contributed by atoms with Gasteiger partial charge in [-0.2, -0.15) is 0 Å². The number of carbonyl (C=O) groups excluding carboxylic acids is 1. The molecular formula is C18H16N2O2S. The van der Waals surface area contributed by atoms with Crippen LogP contribution in [0.3, 0.4) is 0 Å². The molecule has 2 aromatic carbocycles. The number of rotatable bonds is 4.